The Bertz CT molecular complexity index is 303. The summed E-state index contributed by atoms with van der Waals surface area (Å²) in [5.74, 6) is -0.243. The molecule has 0 saturated heterocycles. The number of carboxylic acids is 1. The summed E-state index contributed by atoms with van der Waals surface area (Å²) < 4.78 is 4.74. The first-order valence-electron chi connectivity index (χ1n) is 3.46. The fraction of sp³-hybridized carbons (Fsp3) is 0.286. The molecule has 1 N–H and O–H groups in total. The summed E-state index contributed by atoms with van der Waals surface area (Å²) in [5, 5.41) is 11.8. The van der Waals surface area contributed by atoms with E-state index in [1.165, 1.54) is 6.08 Å². The molecule has 0 unspecified atom stereocenters. The zero-order valence-corrected chi connectivity index (χ0v) is 6.52. The molecule has 0 radical (unpaired) electrons. The van der Waals surface area contributed by atoms with Crippen molar-refractivity contribution in [2.75, 3.05) is 0 Å². The van der Waals surface area contributed by atoms with Gasteiger partial charge >= 0.3 is 5.97 Å². The standard InChI is InChI=1S/C7H8N2O3/c1-2-6-8-5(9-12-6)3-4-7(10)11/h3-4H,2H2,1H3,(H,10,11)/b4-3+. The molecule has 0 spiro atoms. The first-order chi connectivity index (χ1) is 5.72. The Hall–Kier alpha value is -1.65. The van der Waals surface area contributed by atoms with Crippen molar-refractivity contribution in [3.8, 4) is 0 Å². The van der Waals surface area contributed by atoms with Crippen molar-refractivity contribution in [2.24, 2.45) is 0 Å². The lowest BCUT2D eigenvalue weighted by molar-refractivity contribution is -0.131. The molecule has 0 aliphatic carbocycles. The van der Waals surface area contributed by atoms with E-state index in [4.69, 9.17) is 9.63 Å². The number of carboxylic acid groups (broad SMARTS) is 1. The van der Waals surface area contributed by atoms with E-state index >= 15 is 0 Å². The number of aliphatic carboxylic acids is 1. The SMILES string of the molecule is CCc1nc(/C=C/C(=O)O)no1. The van der Waals surface area contributed by atoms with Gasteiger partial charge in [0, 0.05) is 12.5 Å². The number of aryl methyl sites for hydroxylation is 1. The Morgan fingerprint density at radius 3 is 3.00 bits per heavy atom. The van der Waals surface area contributed by atoms with E-state index in [-0.39, 0.29) is 5.82 Å². The first kappa shape index (κ1) is 8.45. The topological polar surface area (TPSA) is 76.2 Å². The molecule has 0 amide bonds. The summed E-state index contributed by atoms with van der Waals surface area (Å²) in [6.45, 7) is 1.87. The monoisotopic (exact) mass is 168 g/mol. The van der Waals surface area contributed by atoms with Crippen LogP contribution in [0.3, 0.4) is 0 Å². The highest BCUT2D eigenvalue weighted by atomic mass is 16.5. The molecule has 1 heterocycles. The van der Waals surface area contributed by atoms with Crippen LogP contribution in [0.15, 0.2) is 10.6 Å². The Kier molecular flexibility index (Phi) is 2.57. The van der Waals surface area contributed by atoms with Crippen molar-refractivity contribution in [3.05, 3.63) is 17.8 Å². The highest BCUT2D eigenvalue weighted by Gasteiger charge is 1.99. The molecule has 1 aromatic heterocycles. The van der Waals surface area contributed by atoms with E-state index in [1.54, 1.807) is 0 Å². The molecule has 0 aliphatic rings. The molecule has 1 rings (SSSR count). The first-order valence-corrected chi connectivity index (χ1v) is 3.46. The van der Waals surface area contributed by atoms with Gasteiger partial charge < -0.3 is 9.63 Å². The van der Waals surface area contributed by atoms with Crippen LogP contribution >= 0.6 is 0 Å². The second-order valence-electron chi connectivity index (χ2n) is 2.07. The van der Waals surface area contributed by atoms with Crippen LogP contribution in [0.2, 0.25) is 0 Å². The van der Waals surface area contributed by atoms with Crippen molar-refractivity contribution in [1.29, 1.82) is 0 Å². The molecular formula is C7H8N2O3. The quantitative estimate of drug-likeness (QED) is 0.673. The third-order valence-electron chi connectivity index (χ3n) is 1.16. The number of hydrogen-bond donors (Lipinski definition) is 1. The second-order valence-corrected chi connectivity index (χ2v) is 2.07. The molecule has 12 heavy (non-hydrogen) atoms. The van der Waals surface area contributed by atoms with Crippen molar-refractivity contribution in [3.63, 3.8) is 0 Å². The predicted octanol–water partition coefficient (Wildman–Crippen LogP) is 0.730. The molecule has 0 aromatic carbocycles. The average Bonchev–Trinajstić information content (AvgIpc) is 2.48. The van der Waals surface area contributed by atoms with Gasteiger partial charge in [-0.15, -0.1) is 0 Å². The summed E-state index contributed by atoms with van der Waals surface area (Å²) >= 11 is 0. The van der Waals surface area contributed by atoms with E-state index in [1.807, 2.05) is 6.92 Å². The Labute approximate surface area is 68.7 Å². The summed E-state index contributed by atoms with van der Waals surface area (Å²) in [6, 6.07) is 0. The summed E-state index contributed by atoms with van der Waals surface area (Å²) in [7, 11) is 0. The molecule has 0 atom stereocenters. The highest BCUT2D eigenvalue weighted by Crippen LogP contribution is 1.99. The zero-order valence-electron chi connectivity index (χ0n) is 6.52. The number of hydrogen-bond acceptors (Lipinski definition) is 4. The van der Waals surface area contributed by atoms with Gasteiger partial charge in [0.15, 0.2) is 5.82 Å². The summed E-state index contributed by atoms with van der Waals surface area (Å²) in [4.78, 5) is 13.9. The molecule has 0 aliphatic heterocycles. The Balaban J connectivity index is 2.70. The van der Waals surface area contributed by atoms with Crippen LogP contribution < -0.4 is 0 Å². The summed E-state index contributed by atoms with van der Waals surface area (Å²) in [5.41, 5.74) is 0. The van der Waals surface area contributed by atoms with Crippen LogP contribution in [0.1, 0.15) is 18.6 Å². The van der Waals surface area contributed by atoms with Gasteiger partial charge in [0.05, 0.1) is 0 Å². The van der Waals surface area contributed by atoms with Gasteiger partial charge in [-0.2, -0.15) is 4.98 Å². The minimum atomic E-state index is -1.03. The van der Waals surface area contributed by atoms with Gasteiger partial charge in [0.25, 0.3) is 0 Å². The minimum absolute atomic E-state index is 0.286. The zero-order chi connectivity index (χ0) is 8.97. The van der Waals surface area contributed by atoms with Crippen LogP contribution in [0.4, 0.5) is 0 Å². The molecular weight excluding hydrogens is 160 g/mol. The van der Waals surface area contributed by atoms with Crippen LogP contribution in [0.25, 0.3) is 6.08 Å². The van der Waals surface area contributed by atoms with Crippen LogP contribution in [-0.4, -0.2) is 21.2 Å². The van der Waals surface area contributed by atoms with Gasteiger partial charge in [0.1, 0.15) is 0 Å². The Morgan fingerprint density at radius 1 is 1.75 bits per heavy atom. The highest BCUT2D eigenvalue weighted by molar-refractivity contribution is 5.84. The third-order valence-corrected chi connectivity index (χ3v) is 1.16. The lowest BCUT2D eigenvalue weighted by atomic mass is 10.4. The molecule has 5 heteroatoms. The van der Waals surface area contributed by atoms with E-state index in [0.717, 1.165) is 6.08 Å². The lowest BCUT2D eigenvalue weighted by Crippen LogP contribution is -1.86. The van der Waals surface area contributed by atoms with Gasteiger partial charge in [-0.1, -0.05) is 12.1 Å². The predicted molar refractivity (Wildman–Crippen MR) is 40.3 cm³/mol. The molecule has 64 valence electrons. The fourth-order valence-electron chi connectivity index (χ4n) is 0.625. The normalized spacial score (nSPS) is 10.8. The van der Waals surface area contributed by atoms with E-state index in [9.17, 15) is 4.79 Å². The van der Waals surface area contributed by atoms with E-state index in [0.29, 0.717) is 12.3 Å². The fourth-order valence-corrected chi connectivity index (χ4v) is 0.625. The van der Waals surface area contributed by atoms with E-state index < -0.39 is 5.97 Å². The number of carbonyl (C=O) groups is 1. The number of rotatable bonds is 3. The molecule has 0 bridgehead atoms. The van der Waals surface area contributed by atoms with Gasteiger partial charge in [-0.3, -0.25) is 0 Å². The van der Waals surface area contributed by atoms with Crippen molar-refractivity contribution in [1.82, 2.24) is 10.1 Å². The van der Waals surface area contributed by atoms with Gasteiger partial charge in [-0.05, 0) is 6.08 Å². The molecule has 0 fully saturated rings. The molecule has 0 saturated carbocycles. The number of aromatic nitrogens is 2. The van der Waals surface area contributed by atoms with Crippen LogP contribution in [0.5, 0.6) is 0 Å². The maximum atomic E-state index is 10.1. The summed E-state index contributed by atoms with van der Waals surface area (Å²) in [6.07, 6.45) is 2.89. The molecule has 5 nitrogen and oxygen atoms in total. The number of nitrogens with zero attached hydrogens (tertiary/aromatic N) is 2. The van der Waals surface area contributed by atoms with E-state index in [2.05, 4.69) is 10.1 Å². The van der Waals surface area contributed by atoms with Gasteiger partial charge in [-0.25, -0.2) is 4.79 Å². The average molecular weight is 168 g/mol. The third kappa shape index (κ3) is 2.19. The smallest absolute Gasteiger partial charge is 0.328 e. The maximum Gasteiger partial charge on any atom is 0.328 e. The van der Waals surface area contributed by atoms with Crippen LogP contribution in [0, 0.1) is 0 Å². The van der Waals surface area contributed by atoms with Crippen molar-refractivity contribution < 1.29 is 14.4 Å². The largest absolute Gasteiger partial charge is 0.478 e. The van der Waals surface area contributed by atoms with Crippen molar-refractivity contribution >= 4 is 12.0 Å². The van der Waals surface area contributed by atoms with Crippen molar-refractivity contribution in [2.45, 2.75) is 13.3 Å². The van der Waals surface area contributed by atoms with Gasteiger partial charge in [0.2, 0.25) is 5.89 Å². The molecule has 1 aromatic rings. The lowest BCUT2D eigenvalue weighted by Gasteiger charge is -1.77. The second kappa shape index (κ2) is 3.66. The van der Waals surface area contributed by atoms with Crippen LogP contribution in [-0.2, 0) is 11.2 Å². The Morgan fingerprint density at radius 2 is 2.50 bits per heavy atom. The minimum Gasteiger partial charge on any atom is -0.478 e. The maximum absolute atomic E-state index is 10.1.